The minimum atomic E-state index is -4.32. The SMILES string of the molecule is C[C@H](O)[C@@H](O)C1(O)C2CC1CC(S(=O)(=O)c1cc(C(=O)Nc3cc(F)c(F)c(F)c3)ccc1F)C2. The van der Waals surface area contributed by atoms with E-state index >= 15 is 0 Å². The van der Waals surface area contributed by atoms with Crippen LogP contribution in [0.3, 0.4) is 0 Å². The molecule has 3 aliphatic carbocycles. The van der Waals surface area contributed by atoms with Crippen molar-refractivity contribution in [1.82, 2.24) is 0 Å². The van der Waals surface area contributed by atoms with E-state index in [0.29, 0.717) is 18.6 Å². The predicted octanol–water partition coefficient (Wildman–Crippen LogP) is 2.54. The van der Waals surface area contributed by atoms with E-state index in [-0.39, 0.29) is 18.4 Å². The van der Waals surface area contributed by atoms with E-state index in [9.17, 15) is 46.1 Å². The minimum absolute atomic E-state index is 0.0802. The number of hydrogen-bond donors (Lipinski definition) is 4. The van der Waals surface area contributed by atoms with E-state index in [1.807, 2.05) is 0 Å². The van der Waals surface area contributed by atoms with E-state index in [1.165, 1.54) is 6.92 Å². The average Bonchev–Trinajstić information content (AvgIpc) is 2.81. The summed E-state index contributed by atoms with van der Waals surface area (Å²) in [5, 5.41) is 31.7. The Bertz CT molecular complexity index is 1250. The maximum absolute atomic E-state index is 14.6. The number of anilines is 1. The number of hydrogen-bond acceptors (Lipinski definition) is 6. The monoisotopic (exact) mass is 517 g/mol. The molecule has 4 atom stereocenters. The summed E-state index contributed by atoms with van der Waals surface area (Å²) in [6.07, 6.45) is -2.40. The van der Waals surface area contributed by atoms with Gasteiger partial charge >= 0.3 is 0 Å². The molecule has 0 heterocycles. The zero-order valence-electron chi connectivity index (χ0n) is 18.4. The van der Waals surface area contributed by atoms with Gasteiger partial charge in [0, 0.05) is 23.4 Å². The molecule has 0 aromatic heterocycles. The number of aliphatic hydroxyl groups is 3. The van der Waals surface area contributed by atoms with Gasteiger partial charge in [0.2, 0.25) is 0 Å². The molecule has 1 amide bonds. The lowest BCUT2D eigenvalue weighted by atomic mass is 9.51. The van der Waals surface area contributed by atoms with Crippen molar-refractivity contribution in [2.24, 2.45) is 11.8 Å². The van der Waals surface area contributed by atoms with Crippen LogP contribution in [0.5, 0.6) is 0 Å². The summed E-state index contributed by atoms with van der Waals surface area (Å²) in [6.45, 7) is 1.31. The molecule has 3 saturated carbocycles. The molecule has 5 rings (SSSR count). The summed E-state index contributed by atoms with van der Waals surface area (Å²) < 4.78 is 81.0. The molecular weight excluding hydrogens is 494 g/mol. The second-order valence-electron chi connectivity index (χ2n) is 9.19. The summed E-state index contributed by atoms with van der Waals surface area (Å²) in [7, 11) is -4.32. The molecule has 190 valence electrons. The Kier molecular flexibility index (Phi) is 6.45. The maximum Gasteiger partial charge on any atom is 0.255 e. The average molecular weight is 517 g/mol. The van der Waals surface area contributed by atoms with Crippen LogP contribution in [0, 0.1) is 35.1 Å². The number of fused-ring (bicyclic) bond motifs is 2. The van der Waals surface area contributed by atoms with Gasteiger partial charge in [0.1, 0.15) is 16.8 Å². The first kappa shape index (κ1) is 25.5. The number of nitrogens with one attached hydrogen (secondary N) is 1. The zero-order chi connectivity index (χ0) is 25.9. The van der Waals surface area contributed by atoms with Gasteiger partial charge in [0.05, 0.1) is 17.0 Å². The second kappa shape index (κ2) is 8.84. The molecule has 2 aromatic carbocycles. The Morgan fingerprint density at radius 2 is 1.57 bits per heavy atom. The van der Waals surface area contributed by atoms with Gasteiger partial charge < -0.3 is 20.6 Å². The Morgan fingerprint density at radius 3 is 2.11 bits per heavy atom. The first-order valence-corrected chi connectivity index (χ1v) is 12.4. The lowest BCUT2D eigenvalue weighted by Gasteiger charge is -2.60. The molecule has 0 saturated heterocycles. The number of carbonyl (C=O) groups is 1. The molecule has 3 fully saturated rings. The van der Waals surface area contributed by atoms with Gasteiger partial charge in [-0.1, -0.05) is 0 Å². The molecular formula is C23H23F4NO6S. The zero-order valence-corrected chi connectivity index (χ0v) is 19.2. The summed E-state index contributed by atoms with van der Waals surface area (Å²) in [6, 6.07) is 3.62. The van der Waals surface area contributed by atoms with Crippen molar-refractivity contribution in [3.05, 3.63) is 59.2 Å². The molecule has 7 nitrogen and oxygen atoms in total. The lowest BCUT2D eigenvalue weighted by Crippen LogP contribution is -2.69. The maximum atomic E-state index is 14.6. The normalized spacial score (nSPS) is 27.6. The molecule has 0 aliphatic heterocycles. The molecule has 4 N–H and O–H groups in total. The second-order valence-corrected chi connectivity index (χ2v) is 11.4. The van der Waals surface area contributed by atoms with Crippen LogP contribution in [0.15, 0.2) is 35.2 Å². The van der Waals surface area contributed by atoms with Crippen LogP contribution in [-0.2, 0) is 9.84 Å². The van der Waals surface area contributed by atoms with Gasteiger partial charge in [-0.2, -0.15) is 0 Å². The smallest absolute Gasteiger partial charge is 0.255 e. The van der Waals surface area contributed by atoms with Gasteiger partial charge in [0.15, 0.2) is 27.3 Å². The topological polar surface area (TPSA) is 124 Å². The molecule has 12 heteroatoms. The van der Waals surface area contributed by atoms with Gasteiger partial charge in [-0.3, -0.25) is 4.79 Å². The number of halogens is 4. The highest BCUT2D eigenvalue weighted by Crippen LogP contribution is 2.57. The molecule has 2 bridgehead atoms. The molecule has 2 unspecified atom stereocenters. The Balaban J connectivity index is 1.57. The summed E-state index contributed by atoms with van der Waals surface area (Å²) in [5.41, 5.74) is -2.39. The molecule has 0 radical (unpaired) electrons. The Labute approximate surface area is 198 Å². The van der Waals surface area contributed by atoms with Crippen molar-refractivity contribution in [3.8, 4) is 0 Å². The van der Waals surface area contributed by atoms with Crippen LogP contribution < -0.4 is 5.32 Å². The van der Waals surface area contributed by atoms with Gasteiger partial charge in [-0.25, -0.2) is 26.0 Å². The summed E-state index contributed by atoms with van der Waals surface area (Å²) >= 11 is 0. The van der Waals surface area contributed by atoms with Crippen LogP contribution in [0.25, 0.3) is 0 Å². The largest absolute Gasteiger partial charge is 0.391 e. The molecule has 0 spiro atoms. The number of carbonyl (C=O) groups excluding carboxylic acids is 1. The third kappa shape index (κ3) is 4.22. The fourth-order valence-corrected chi connectivity index (χ4v) is 7.15. The van der Waals surface area contributed by atoms with Crippen molar-refractivity contribution in [2.75, 3.05) is 5.32 Å². The lowest BCUT2D eigenvalue weighted by molar-refractivity contribution is -0.249. The van der Waals surface area contributed by atoms with Gasteiger partial charge in [-0.05, 0) is 56.2 Å². The number of sulfone groups is 1. The summed E-state index contributed by atoms with van der Waals surface area (Å²) in [4.78, 5) is 11.8. The molecule has 35 heavy (non-hydrogen) atoms. The highest BCUT2D eigenvalue weighted by atomic mass is 32.2. The standard InChI is InChI=1S/C23H23F4NO6S/c1-10(29)21(30)23(32)12-5-13(23)7-15(6-12)35(33,34)19-4-11(2-3-16(19)24)22(31)28-14-8-17(25)20(27)18(26)9-14/h2-4,8-10,12-13,15,21,29-30,32H,5-7H2,1H3,(H,28,31)/t10-,12?,13?,15?,21+,23?/m0/s1. The van der Waals surface area contributed by atoms with Crippen LogP contribution >= 0.6 is 0 Å². The Morgan fingerprint density at radius 1 is 1.00 bits per heavy atom. The summed E-state index contributed by atoms with van der Waals surface area (Å²) in [5.74, 6) is -8.17. The van der Waals surface area contributed by atoms with E-state index in [0.717, 1.165) is 18.2 Å². The van der Waals surface area contributed by atoms with Crippen LogP contribution in [0.2, 0.25) is 0 Å². The third-order valence-corrected chi connectivity index (χ3v) is 9.27. The van der Waals surface area contributed by atoms with Crippen molar-refractivity contribution in [3.63, 3.8) is 0 Å². The number of rotatable bonds is 6. The van der Waals surface area contributed by atoms with E-state index in [4.69, 9.17) is 0 Å². The number of amides is 1. The molecule has 2 aromatic rings. The van der Waals surface area contributed by atoms with E-state index in [1.54, 1.807) is 0 Å². The number of benzene rings is 2. The van der Waals surface area contributed by atoms with Crippen molar-refractivity contribution in [1.29, 1.82) is 0 Å². The van der Waals surface area contributed by atoms with E-state index in [2.05, 4.69) is 5.32 Å². The predicted molar refractivity (Wildman–Crippen MR) is 115 cm³/mol. The van der Waals surface area contributed by atoms with Crippen LogP contribution in [0.1, 0.15) is 36.5 Å². The Hall–Kier alpha value is -2.54. The van der Waals surface area contributed by atoms with Crippen molar-refractivity contribution >= 4 is 21.4 Å². The highest BCUT2D eigenvalue weighted by Gasteiger charge is 2.63. The highest BCUT2D eigenvalue weighted by molar-refractivity contribution is 7.92. The van der Waals surface area contributed by atoms with Gasteiger partial charge in [-0.15, -0.1) is 0 Å². The van der Waals surface area contributed by atoms with Crippen LogP contribution in [-0.4, -0.2) is 52.7 Å². The fourth-order valence-electron chi connectivity index (χ4n) is 5.19. The van der Waals surface area contributed by atoms with Crippen molar-refractivity contribution in [2.45, 2.75) is 54.1 Å². The third-order valence-electron chi connectivity index (χ3n) is 7.08. The molecule has 3 aliphatic rings. The van der Waals surface area contributed by atoms with Crippen LogP contribution in [0.4, 0.5) is 23.2 Å². The quantitative estimate of drug-likeness (QED) is 0.345. The van der Waals surface area contributed by atoms with Crippen molar-refractivity contribution < 1.29 is 46.1 Å². The number of aliphatic hydroxyl groups excluding tert-OH is 2. The first-order valence-electron chi connectivity index (χ1n) is 10.8. The first-order chi connectivity index (χ1) is 16.3. The fraction of sp³-hybridized carbons (Fsp3) is 0.435. The van der Waals surface area contributed by atoms with E-state index < -0.39 is 84.5 Å². The van der Waals surface area contributed by atoms with Gasteiger partial charge in [0.25, 0.3) is 5.91 Å². The minimum Gasteiger partial charge on any atom is -0.391 e.